The van der Waals surface area contributed by atoms with Crippen molar-refractivity contribution in [2.75, 3.05) is 26.7 Å². The molecule has 1 amide bonds. The quantitative estimate of drug-likeness (QED) is 0.776. The molecule has 1 saturated carbocycles. The van der Waals surface area contributed by atoms with E-state index in [-0.39, 0.29) is 12.5 Å². The van der Waals surface area contributed by atoms with Gasteiger partial charge in [-0.25, -0.2) is 0 Å². The number of nitrogens with zero attached hydrogens (tertiary/aromatic N) is 2. The Morgan fingerprint density at radius 3 is 2.89 bits per heavy atom. The molecule has 18 heavy (non-hydrogen) atoms. The first-order valence-corrected chi connectivity index (χ1v) is 6.32. The zero-order valence-corrected chi connectivity index (χ0v) is 10.7. The number of likely N-dealkylation sites (N-methyl/N-ethyl adjacent to an activating group) is 1. The van der Waals surface area contributed by atoms with E-state index in [0.29, 0.717) is 25.7 Å². The average Bonchev–Trinajstić information content (AvgIpc) is 3.07. The molecule has 0 aromatic carbocycles. The molecule has 1 N–H and O–H groups in total. The molecule has 5 nitrogen and oxygen atoms in total. The van der Waals surface area contributed by atoms with Gasteiger partial charge >= 0.3 is 0 Å². The maximum atomic E-state index is 12.0. The van der Waals surface area contributed by atoms with Gasteiger partial charge in [-0.2, -0.15) is 0 Å². The fraction of sp³-hybridized carbons (Fsp3) is 0.615. The Labute approximate surface area is 107 Å². The Morgan fingerprint density at radius 1 is 1.56 bits per heavy atom. The SMILES string of the molecule is CN(Cc1ccco1)C(=O)CN(CCO)C1CC1. The third-order valence-electron chi connectivity index (χ3n) is 3.19. The summed E-state index contributed by atoms with van der Waals surface area (Å²) in [6.07, 6.45) is 3.88. The van der Waals surface area contributed by atoms with Crippen LogP contribution < -0.4 is 0 Å². The van der Waals surface area contributed by atoms with Crippen LogP contribution in [0.2, 0.25) is 0 Å². The Morgan fingerprint density at radius 2 is 2.33 bits per heavy atom. The highest BCUT2D eigenvalue weighted by Crippen LogP contribution is 2.26. The molecule has 1 aliphatic carbocycles. The van der Waals surface area contributed by atoms with Crippen LogP contribution in [0.4, 0.5) is 0 Å². The molecule has 0 bridgehead atoms. The number of hydrogen-bond donors (Lipinski definition) is 1. The van der Waals surface area contributed by atoms with Crippen molar-refractivity contribution < 1.29 is 14.3 Å². The highest BCUT2D eigenvalue weighted by molar-refractivity contribution is 5.78. The summed E-state index contributed by atoms with van der Waals surface area (Å²) in [4.78, 5) is 15.8. The molecule has 0 unspecified atom stereocenters. The molecule has 5 heteroatoms. The van der Waals surface area contributed by atoms with Crippen LogP contribution in [0.5, 0.6) is 0 Å². The lowest BCUT2D eigenvalue weighted by molar-refractivity contribution is -0.132. The van der Waals surface area contributed by atoms with Gasteiger partial charge in [0.05, 0.1) is 26.0 Å². The number of carbonyl (C=O) groups is 1. The fourth-order valence-electron chi connectivity index (χ4n) is 1.98. The summed E-state index contributed by atoms with van der Waals surface area (Å²) >= 11 is 0. The van der Waals surface area contributed by atoms with E-state index in [4.69, 9.17) is 9.52 Å². The van der Waals surface area contributed by atoms with E-state index < -0.39 is 0 Å². The molecular formula is C13H20N2O3. The fourth-order valence-corrected chi connectivity index (χ4v) is 1.98. The smallest absolute Gasteiger partial charge is 0.236 e. The third-order valence-corrected chi connectivity index (χ3v) is 3.19. The van der Waals surface area contributed by atoms with Gasteiger partial charge in [0.1, 0.15) is 5.76 Å². The van der Waals surface area contributed by atoms with Crippen LogP contribution in [0, 0.1) is 0 Å². The van der Waals surface area contributed by atoms with Gasteiger partial charge in [0.15, 0.2) is 0 Å². The molecule has 2 rings (SSSR count). The molecule has 0 atom stereocenters. The number of hydrogen-bond acceptors (Lipinski definition) is 4. The summed E-state index contributed by atoms with van der Waals surface area (Å²) in [6, 6.07) is 4.16. The number of aliphatic hydroxyl groups is 1. The standard InChI is InChI=1S/C13H20N2O3/c1-14(9-12-3-2-8-18-12)13(17)10-15(6-7-16)11-4-5-11/h2-3,8,11,16H,4-7,9-10H2,1H3. The van der Waals surface area contributed by atoms with Crippen LogP contribution in [0.3, 0.4) is 0 Å². The maximum Gasteiger partial charge on any atom is 0.236 e. The minimum Gasteiger partial charge on any atom is -0.467 e. The van der Waals surface area contributed by atoms with Crippen LogP contribution in [0.15, 0.2) is 22.8 Å². The van der Waals surface area contributed by atoms with E-state index in [9.17, 15) is 4.79 Å². The Hall–Kier alpha value is -1.33. The number of carbonyl (C=O) groups excluding carboxylic acids is 1. The van der Waals surface area contributed by atoms with Crippen molar-refractivity contribution in [1.29, 1.82) is 0 Å². The first kappa shape index (κ1) is 13.1. The predicted octanol–water partition coefficient (Wildman–Crippen LogP) is 0.695. The van der Waals surface area contributed by atoms with Crippen LogP contribution in [0.25, 0.3) is 0 Å². The minimum absolute atomic E-state index is 0.0618. The summed E-state index contributed by atoms with van der Waals surface area (Å²) in [7, 11) is 1.77. The van der Waals surface area contributed by atoms with Crippen molar-refractivity contribution in [1.82, 2.24) is 9.80 Å². The van der Waals surface area contributed by atoms with E-state index >= 15 is 0 Å². The highest BCUT2D eigenvalue weighted by Gasteiger charge is 2.30. The van der Waals surface area contributed by atoms with Gasteiger partial charge < -0.3 is 14.4 Å². The average molecular weight is 252 g/mol. The minimum atomic E-state index is 0.0618. The molecule has 1 fully saturated rings. The van der Waals surface area contributed by atoms with Crippen molar-refractivity contribution in [3.63, 3.8) is 0 Å². The number of rotatable bonds is 7. The molecule has 1 aromatic rings. The number of aliphatic hydroxyl groups excluding tert-OH is 1. The van der Waals surface area contributed by atoms with E-state index in [2.05, 4.69) is 4.90 Å². The van der Waals surface area contributed by atoms with Crippen molar-refractivity contribution in [2.45, 2.75) is 25.4 Å². The van der Waals surface area contributed by atoms with Crippen LogP contribution in [0.1, 0.15) is 18.6 Å². The first-order valence-electron chi connectivity index (χ1n) is 6.32. The lowest BCUT2D eigenvalue weighted by Crippen LogP contribution is -2.40. The number of furan rings is 1. The van der Waals surface area contributed by atoms with Crippen molar-refractivity contribution in [3.05, 3.63) is 24.2 Å². The summed E-state index contributed by atoms with van der Waals surface area (Å²) in [6.45, 7) is 1.54. The Bertz CT molecular complexity index is 374. The third kappa shape index (κ3) is 3.58. The van der Waals surface area contributed by atoms with Crippen LogP contribution in [-0.2, 0) is 11.3 Å². The van der Waals surface area contributed by atoms with Gasteiger partial charge in [-0.1, -0.05) is 0 Å². The lowest BCUT2D eigenvalue weighted by atomic mass is 10.3. The summed E-state index contributed by atoms with van der Waals surface area (Å²) in [5.41, 5.74) is 0. The van der Waals surface area contributed by atoms with Crippen molar-refractivity contribution in [3.8, 4) is 0 Å². The summed E-state index contributed by atoms with van der Waals surface area (Å²) in [5, 5.41) is 8.99. The van der Waals surface area contributed by atoms with Gasteiger partial charge in [0.2, 0.25) is 5.91 Å². The molecular weight excluding hydrogens is 232 g/mol. The Kier molecular flexibility index (Phi) is 4.38. The van der Waals surface area contributed by atoms with Gasteiger partial charge in [-0.15, -0.1) is 0 Å². The largest absolute Gasteiger partial charge is 0.467 e. The second-order valence-electron chi connectivity index (χ2n) is 4.75. The second kappa shape index (κ2) is 6.02. The zero-order valence-electron chi connectivity index (χ0n) is 10.7. The lowest BCUT2D eigenvalue weighted by Gasteiger charge is -2.23. The predicted molar refractivity (Wildman–Crippen MR) is 66.9 cm³/mol. The number of amides is 1. The molecule has 1 heterocycles. The molecule has 0 saturated heterocycles. The van der Waals surface area contributed by atoms with Crippen molar-refractivity contribution >= 4 is 5.91 Å². The van der Waals surface area contributed by atoms with E-state index in [1.54, 1.807) is 18.2 Å². The Balaban J connectivity index is 1.82. The summed E-state index contributed by atoms with van der Waals surface area (Å²) in [5.74, 6) is 0.845. The van der Waals surface area contributed by atoms with E-state index in [0.717, 1.165) is 18.6 Å². The van der Waals surface area contributed by atoms with Gasteiger partial charge in [0.25, 0.3) is 0 Å². The van der Waals surface area contributed by atoms with Crippen molar-refractivity contribution in [2.24, 2.45) is 0 Å². The molecule has 0 aliphatic heterocycles. The topological polar surface area (TPSA) is 56.9 Å². The highest BCUT2D eigenvalue weighted by atomic mass is 16.3. The second-order valence-corrected chi connectivity index (χ2v) is 4.75. The van der Waals surface area contributed by atoms with Gasteiger partial charge in [-0.3, -0.25) is 9.69 Å². The first-order chi connectivity index (χ1) is 8.70. The molecule has 100 valence electrons. The molecule has 1 aliphatic rings. The summed E-state index contributed by atoms with van der Waals surface area (Å²) < 4.78 is 5.22. The monoisotopic (exact) mass is 252 g/mol. The van der Waals surface area contributed by atoms with Crippen LogP contribution in [-0.4, -0.2) is 53.6 Å². The molecule has 0 radical (unpaired) electrons. The van der Waals surface area contributed by atoms with Crippen LogP contribution >= 0.6 is 0 Å². The molecule has 1 aromatic heterocycles. The van der Waals surface area contributed by atoms with E-state index in [1.165, 1.54) is 0 Å². The normalized spacial score (nSPS) is 15.1. The van der Waals surface area contributed by atoms with E-state index in [1.807, 2.05) is 12.1 Å². The molecule has 0 spiro atoms. The van der Waals surface area contributed by atoms with Gasteiger partial charge in [-0.05, 0) is 25.0 Å². The zero-order chi connectivity index (χ0) is 13.0. The van der Waals surface area contributed by atoms with Gasteiger partial charge in [0, 0.05) is 19.6 Å². The maximum absolute atomic E-state index is 12.0.